The van der Waals surface area contributed by atoms with Crippen molar-refractivity contribution in [2.24, 2.45) is 5.73 Å². The van der Waals surface area contributed by atoms with E-state index >= 15 is 0 Å². The minimum atomic E-state index is -0.468. The molecule has 1 aromatic heterocycles. The summed E-state index contributed by atoms with van der Waals surface area (Å²) >= 11 is 6.46. The predicted molar refractivity (Wildman–Crippen MR) is 119 cm³/mol. The Kier molecular flexibility index (Phi) is 6.18. The molecule has 1 unspecified atom stereocenters. The zero-order chi connectivity index (χ0) is 22.0. The molecule has 0 spiro atoms. The highest BCUT2D eigenvalue weighted by Gasteiger charge is 2.31. The van der Waals surface area contributed by atoms with Crippen molar-refractivity contribution in [3.05, 3.63) is 64.3 Å². The van der Waals surface area contributed by atoms with E-state index in [0.717, 1.165) is 47.0 Å². The van der Waals surface area contributed by atoms with Gasteiger partial charge in [0.1, 0.15) is 5.75 Å². The molecular formula is C24H25ClN2O4. The molecule has 6 nitrogen and oxygen atoms in total. The first-order valence-corrected chi connectivity index (χ1v) is 10.8. The number of ether oxygens (including phenoxy) is 2. The molecule has 162 valence electrons. The van der Waals surface area contributed by atoms with E-state index in [-0.39, 0.29) is 12.5 Å². The fourth-order valence-electron chi connectivity index (χ4n) is 4.46. The van der Waals surface area contributed by atoms with Crippen LogP contribution in [0, 0.1) is 0 Å². The molecule has 1 aliphatic rings. The van der Waals surface area contributed by atoms with Gasteiger partial charge >= 0.3 is 5.97 Å². The number of rotatable bonds is 6. The third-order valence-electron chi connectivity index (χ3n) is 5.91. The molecule has 7 heteroatoms. The van der Waals surface area contributed by atoms with Crippen molar-refractivity contribution in [3.63, 3.8) is 0 Å². The van der Waals surface area contributed by atoms with Gasteiger partial charge in [-0.1, -0.05) is 42.3 Å². The lowest BCUT2D eigenvalue weighted by molar-refractivity contribution is -0.142. The van der Waals surface area contributed by atoms with E-state index in [1.54, 1.807) is 0 Å². The first kappa shape index (κ1) is 21.2. The van der Waals surface area contributed by atoms with E-state index < -0.39 is 11.9 Å². The van der Waals surface area contributed by atoms with Gasteiger partial charge in [0.2, 0.25) is 5.91 Å². The summed E-state index contributed by atoms with van der Waals surface area (Å²) in [7, 11) is 1.32. The van der Waals surface area contributed by atoms with Crippen molar-refractivity contribution < 1.29 is 19.1 Å². The minimum absolute atomic E-state index is 0.207. The largest absolute Gasteiger partial charge is 0.481 e. The normalized spacial score (nSPS) is 15.9. The van der Waals surface area contributed by atoms with Gasteiger partial charge in [0.15, 0.2) is 6.61 Å². The topological polar surface area (TPSA) is 83.6 Å². The van der Waals surface area contributed by atoms with Gasteiger partial charge in [0.05, 0.1) is 18.5 Å². The third kappa shape index (κ3) is 4.12. The van der Waals surface area contributed by atoms with Gasteiger partial charge < -0.3 is 19.8 Å². The highest BCUT2D eigenvalue weighted by molar-refractivity contribution is 6.31. The molecule has 2 N–H and O–H groups in total. The van der Waals surface area contributed by atoms with Crippen LogP contribution in [0.15, 0.2) is 42.5 Å². The van der Waals surface area contributed by atoms with Gasteiger partial charge in [0, 0.05) is 22.6 Å². The summed E-state index contributed by atoms with van der Waals surface area (Å²) in [6.07, 6.45) is 3.41. The number of fused-ring (bicyclic) bond motifs is 3. The molecule has 1 atom stereocenters. The zero-order valence-corrected chi connectivity index (χ0v) is 18.2. The number of nitrogens with zero attached hydrogens (tertiary/aromatic N) is 1. The fraction of sp³-hybridized carbons (Fsp3) is 0.333. The van der Waals surface area contributed by atoms with E-state index in [9.17, 15) is 9.59 Å². The van der Waals surface area contributed by atoms with Crippen LogP contribution in [0.25, 0.3) is 10.9 Å². The molecule has 0 fully saturated rings. The van der Waals surface area contributed by atoms with E-state index in [4.69, 9.17) is 26.8 Å². The Morgan fingerprint density at radius 2 is 1.97 bits per heavy atom. The summed E-state index contributed by atoms with van der Waals surface area (Å²) < 4.78 is 12.8. The number of hydrogen-bond donors (Lipinski definition) is 1. The molecule has 1 heterocycles. The van der Waals surface area contributed by atoms with Crippen molar-refractivity contribution in [1.29, 1.82) is 0 Å². The average Bonchev–Trinajstić information content (AvgIpc) is 2.92. The van der Waals surface area contributed by atoms with Crippen molar-refractivity contribution in [3.8, 4) is 5.75 Å². The lowest BCUT2D eigenvalue weighted by Gasteiger charge is -2.14. The van der Waals surface area contributed by atoms with E-state index in [0.29, 0.717) is 23.7 Å². The molecular weight excluding hydrogens is 416 g/mol. The smallest absolute Gasteiger partial charge is 0.343 e. The fourth-order valence-corrected chi connectivity index (χ4v) is 4.65. The molecule has 0 saturated heterocycles. The second kappa shape index (κ2) is 9.02. The van der Waals surface area contributed by atoms with Crippen LogP contribution in [-0.2, 0) is 27.3 Å². The number of aromatic nitrogens is 1. The Morgan fingerprint density at radius 1 is 1.16 bits per heavy atom. The maximum Gasteiger partial charge on any atom is 0.343 e. The number of primary amides is 1. The Labute approximate surface area is 185 Å². The molecule has 4 rings (SSSR count). The Balaban J connectivity index is 1.93. The van der Waals surface area contributed by atoms with E-state index in [2.05, 4.69) is 4.57 Å². The molecule has 1 amide bonds. The second-order valence-electron chi connectivity index (χ2n) is 7.75. The monoisotopic (exact) mass is 440 g/mol. The van der Waals surface area contributed by atoms with Gasteiger partial charge in [-0.3, -0.25) is 4.79 Å². The van der Waals surface area contributed by atoms with Crippen molar-refractivity contribution >= 4 is 34.4 Å². The van der Waals surface area contributed by atoms with E-state index in [1.165, 1.54) is 7.11 Å². The summed E-state index contributed by atoms with van der Waals surface area (Å²) in [5.74, 6) is -0.673. The number of carbonyl (C=O) groups is 2. The lowest BCUT2D eigenvalue weighted by Crippen LogP contribution is -2.21. The van der Waals surface area contributed by atoms with Gasteiger partial charge in [0.25, 0.3) is 0 Å². The molecule has 31 heavy (non-hydrogen) atoms. The summed E-state index contributed by atoms with van der Waals surface area (Å²) in [6.45, 7) is 0.360. The highest BCUT2D eigenvalue weighted by atomic mass is 35.5. The number of nitrogens with two attached hydrogens (primary N) is 1. The molecule has 3 aromatic rings. The quantitative estimate of drug-likeness (QED) is 0.460. The van der Waals surface area contributed by atoms with Gasteiger partial charge in [-0.25, -0.2) is 4.79 Å². The Hall–Kier alpha value is -2.99. The van der Waals surface area contributed by atoms with Crippen LogP contribution in [0.1, 0.15) is 42.0 Å². The third-order valence-corrected chi connectivity index (χ3v) is 6.28. The molecule has 0 aliphatic heterocycles. The number of hydrogen-bond acceptors (Lipinski definition) is 4. The second-order valence-corrected chi connectivity index (χ2v) is 8.16. The standard InChI is InChI=1S/C24H25ClN2O4/c1-30-21(28)14-31-20-12-6-11-19-23(20)22-16(24(26)29)8-3-5-10-18(22)27(19)13-15-7-2-4-9-17(15)25/h2,4,6-7,9,11-12,16H,3,5,8,10,13-14H2,1H3,(H2,26,29). The van der Waals surface area contributed by atoms with Gasteiger partial charge in [-0.05, 0) is 48.6 Å². The average molecular weight is 441 g/mol. The number of amides is 1. The lowest BCUT2D eigenvalue weighted by atomic mass is 9.92. The van der Waals surface area contributed by atoms with Crippen LogP contribution >= 0.6 is 11.6 Å². The molecule has 1 aliphatic carbocycles. The van der Waals surface area contributed by atoms with Crippen LogP contribution in [0.5, 0.6) is 5.75 Å². The highest BCUT2D eigenvalue weighted by Crippen LogP contribution is 2.42. The first-order valence-electron chi connectivity index (χ1n) is 10.4. The van der Waals surface area contributed by atoms with Crippen molar-refractivity contribution in [2.75, 3.05) is 13.7 Å². The number of esters is 1. The van der Waals surface area contributed by atoms with Crippen molar-refractivity contribution in [1.82, 2.24) is 4.57 Å². The minimum Gasteiger partial charge on any atom is -0.481 e. The molecule has 0 bridgehead atoms. The van der Waals surface area contributed by atoms with Crippen LogP contribution in [0.4, 0.5) is 0 Å². The van der Waals surface area contributed by atoms with E-state index in [1.807, 2.05) is 42.5 Å². The predicted octanol–water partition coefficient (Wildman–Crippen LogP) is 4.19. The van der Waals surface area contributed by atoms with Gasteiger partial charge in [-0.2, -0.15) is 0 Å². The number of benzene rings is 2. The van der Waals surface area contributed by atoms with Gasteiger partial charge in [-0.15, -0.1) is 0 Å². The van der Waals surface area contributed by atoms with Crippen LogP contribution in [0.3, 0.4) is 0 Å². The maximum atomic E-state index is 12.4. The summed E-state index contributed by atoms with van der Waals surface area (Å²) in [5.41, 5.74) is 9.74. The summed E-state index contributed by atoms with van der Waals surface area (Å²) in [4.78, 5) is 24.1. The van der Waals surface area contributed by atoms with Crippen LogP contribution in [0.2, 0.25) is 5.02 Å². The zero-order valence-electron chi connectivity index (χ0n) is 17.4. The number of halogens is 1. The Bertz CT molecular complexity index is 1140. The van der Waals surface area contributed by atoms with Crippen molar-refractivity contribution in [2.45, 2.75) is 38.1 Å². The molecule has 0 saturated carbocycles. The Morgan fingerprint density at radius 3 is 2.71 bits per heavy atom. The SMILES string of the molecule is COC(=O)COc1cccc2c1c1c(n2Cc2ccccc2Cl)CCCCC1C(N)=O. The summed E-state index contributed by atoms with van der Waals surface area (Å²) in [5, 5.41) is 1.52. The summed E-state index contributed by atoms with van der Waals surface area (Å²) in [6, 6.07) is 13.4. The molecule has 0 radical (unpaired) electrons. The number of methoxy groups -OCH3 is 1. The number of carbonyl (C=O) groups excluding carboxylic acids is 2. The van der Waals surface area contributed by atoms with Crippen LogP contribution in [-0.4, -0.2) is 30.2 Å². The molecule has 2 aromatic carbocycles. The van der Waals surface area contributed by atoms with Crippen LogP contribution < -0.4 is 10.5 Å². The first-order chi connectivity index (χ1) is 15.0. The maximum absolute atomic E-state index is 12.4.